The molecule has 0 radical (unpaired) electrons. The standard InChI is InChI=1S/C23H35NO2.C22H34O3.C21H34O2.C3H6O2.3CH4.ClH.H3NO.8H2/c1-21(25)11-12-22(2)15(14-21)4-5-16-17-6-7-19(20-9-13-24-26-20)23(17,3)10-8-18(16)22;1-21(25)10-7-15-14(13-21)3-4-17-16(15)8-11-22(2)18(17)5-6-19(22)20(24)9-12-23;1-13(22)18-6-7-19-17-5-4-14-12-20(2,23)10-8-15(14)16(17)9-11-21(18,19)3;1-2-5-3-4;;;;;1-2;;;;;;;;/h9,13,15-19,25H,4-8,10-12,14H2,1-3H3;12,14-19,25H,3-11,13H2,1-2H3;14-19,23H,4-12H2,1-3H3;3H,2H2,1H3;3*1H4;1H;2H,1H2;8*1H/t15-,16+,17+,18+,19-,21-,22+,23+;14-,15+,16-,17-,18+,19-,21-,22+;14-,15+,16-,17-,18-,19+,20-,21-;;;;;;;;;;;;;;/m111............../s1/i;;;;;;;;;7*1+1D;1+1. The van der Waals surface area contributed by atoms with E-state index < -0.39 is 16.8 Å². The van der Waals surface area contributed by atoms with E-state index in [-0.39, 0.29) is 59.7 Å². The quantitative estimate of drug-likeness (QED) is 0.0981. The van der Waals surface area contributed by atoms with Crippen LogP contribution < -0.4 is 5.90 Å². The van der Waals surface area contributed by atoms with Gasteiger partial charge in [-0.05, 0) is 312 Å². The molecule has 1 aromatic rings. The Bertz CT molecular complexity index is 2370. The molecule has 1 heterocycles. The summed E-state index contributed by atoms with van der Waals surface area (Å²) in [4.78, 5) is 44.7. The summed E-state index contributed by atoms with van der Waals surface area (Å²) in [6.45, 7) is 20.5. The number of hydrogen-bond acceptors (Lipinski definition) is 12. The first-order valence-corrected chi connectivity index (χ1v) is 33.3. The van der Waals surface area contributed by atoms with Crippen LogP contribution in [0, 0.1) is 116 Å². The van der Waals surface area contributed by atoms with Gasteiger partial charge in [0.05, 0.1) is 36.0 Å². The smallest absolute Gasteiger partial charge is 0.293 e. The molecule has 12 fully saturated rings. The van der Waals surface area contributed by atoms with Gasteiger partial charge in [-0.15, -0.1) is 12.4 Å². The normalized spacial score (nSPS) is 47.9. The van der Waals surface area contributed by atoms with Crippen LogP contribution in [-0.4, -0.2) is 73.4 Å². The van der Waals surface area contributed by atoms with Crippen molar-refractivity contribution in [1.29, 1.82) is 0 Å². The van der Waals surface area contributed by atoms with E-state index in [4.69, 9.17) is 30.5 Å². The molecule has 12 nitrogen and oxygen atoms in total. The van der Waals surface area contributed by atoms with Crippen LogP contribution >= 0.6 is 12.4 Å². The second kappa shape index (κ2) is 28.9. The van der Waals surface area contributed by atoms with E-state index >= 15 is 0 Å². The zero-order valence-corrected chi connectivity index (χ0v) is 53.1. The molecule has 0 aromatic carbocycles. The molecule has 0 amide bonds. The Morgan fingerprint density at radius 2 is 1.05 bits per heavy atom. The highest BCUT2D eigenvalue weighted by Gasteiger charge is 2.63. The maximum Gasteiger partial charge on any atom is 0.293 e. The van der Waals surface area contributed by atoms with Gasteiger partial charge in [-0.25, -0.2) is 5.90 Å². The molecule has 24 atom stereocenters. The molecule has 0 bridgehead atoms. The molecule has 0 aliphatic heterocycles. The number of Topliss-reactive ketones (excluding diaryl/α,β-unsaturated/α-hetero) is 2. The van der Waals surface area contributed by atoms with Crippen molar-refractivity contribution in [2.75, 3.05) is 6.61 Å². The Hall–Kier alpha value is -2.22. The third-order valence-electron chi connectivity index (χ3n) is 27.6. The average molecular weight is 1250 g/mol. The summed E-state index contributed by atoms with van der Waals surface area (Å²) in [7, 11) is 0. The summed E-state index contributed by atoms with van der Waals surface area (Å²) in [6.07, 6.45) is 35.3. The van der Waals surface area contributed by atoms with E-state index in [1.165, 1.54) is 116 Å². The van der Waals surface area contributed by atoms with Crippen LogP contribution in [0.4, 0.5) is 0 Å². The maximum atomic E-state index is 12.5. The highest BCUT2D eigenvalue weighted by molar-refractivity contribution is 5.92. The molecular formula is C72H141ClN2O10. The highest BCUT2D eigenvalue weighted by Crippen LogP contribution is 2.71. The first-order chi connectivity index (χ1) is 45.4. The molecule has 13 rings (SSSR count). The van der Waals surface area contributed by atoms with Crippen LogP contribution in [0.25, 0.3) is 0 Å². The number of halogens is 1. The fourth-order valence-electron chi connectivity index (χ4n) is 24.0. The summed E-state index contributed by atoms with van der Waals surface area (Å²) in [6, 6.07) is 2.10. The number of ether oxygens (including phenoxy) is 1. The summed E-state index contributed by atoms with van der Waals surface area (Å²) in [5, 5.41) is 42.1. The summed E-state index contributed by atoms with van der Waals surface area (Å²) in [5.74, 6) is 17.5. The fourth-order valence-corrected chi connectivity index (χ4v) is 24.0. The number of aromatic nitrogens is 1. The molecule has 12 saturated carbocycles. The Morgan fingerprint density at radius 3 is 1.54 bits per heavy atom. The second-order valence-electron chi connectivity index (χ2n) is 31.6. The van der Waals surface area contributed by atoms with Crippen LogP contribution in [-0.2, 0) is 23.9 Å². The minimum atomic E-state index is -0.448. The predicted octanol–water partition coefficient (Wildman–Crippen LogP) is 18.1. The van der Waals surface area contributed by atoms with E-state index in [1.54, 1.807) is 6.92 Å². The third kappa shape index (κ3) is 14.2. The number of aliphatic hydroxyl groups is 3. The Labute approximate surface area is 545 Å². The molecule has 6 N–H and O–H groups in total. The van der Waals surface area contributed by atoms with Crippen molar-refractivity contribution >= 4 is 36.7 Å². The Kier molecular flexibility index (Phi) is 21.4. The van der Waals surface area contributed by atoms with Crippen molar-refractivity contribution in [3.05, 3.63) is 18.0 Å². The lowest BCUT2D eigenvalue weighted by atomic mass is 9.44. The molecule has 12 aliphatic rings. The van der Waals surface area contributed by atoms with Gasteiger partial charge in [-0.1, -0.05) is 55.1 Å². The van der Waals surface area contributed by atoms with Crippen LogP contribution in [0.5, 0.6) is 0 Å². The summed E-state index contributed by atoms with van der Waals surface area (Å²) >= 11 is 0. The maximum absolute atomic E-state index is 12.5. The van der Waals surface area contributed by atoms with Crippen molar-refractivity contribution in [3.63, 3.8) is 0 Å². The number of nitrogens with two attached hydrogens (primary N) is 1. The topological polar surface area (TPSA) is 210 Å². The minimum Gasteiger partial charge on any atom is -0.468 e. The molecule has 85 heavy (non-hydrogen) atoms. The van der Waals surface area contributed by atoms with Gasteiger partial charge < -0.3 is 34.6 Å². The largest absolute Gasteiger partial charge is 0.468 e. The molecule has 13 heteroatoms. The molecule has 0 saturated heterocycles. The number of ketones is 2. The van der Waals surface area contributed by atoms with Crippen molar-refractivity contribution < 1.29 is 71.2 Å². The van der Waals surface area contributed by atoms with Gasteiger partial charge >= 0.3 is 0 Å². The van der Waals surface area contributed by atoms with Gasteiger partial charge in [-0.2, -0.15) is 0 Å². The number of carbonyl (C=O) groups excluding carboxylic acids is 4. The number of nitrogens with zero attached hydrogens (tertiary/aromatic N) is 1. The SMILES string of the molecule is C.C.C.CC(=O)[C@H]1CC[C@H]2[C@@H]3CC[C@@H]4C[C@](C)(O)CC[C@@H]4[C@H]3CC[C@]12C.CCOC=O.C[C@@]1(O)CC[C@@]2(C)[C@H](CC[C@@H]3[C@@H]2CC[C@]2(C)[C@@H](c4ccno4)CC[C@@H]32)C1.C[C@@]1(O)CC[C@H]2[C@H](CC[C@@H]3[C@@H]2CC[C@]2(C)[C@@H](C(=O)CC=O)CC[C@@H]32)C1.Cl.NO.[2HH].[2H][2H].[2H][2H].[2H][2H].[2H][2H].[2H][2H].[2H][2H].[2H][2H]. The zero-order chi connectivity index (χ0) is 72.5. The highest BCUT2D eigenvalue weighted by atomic mass is 35.5. The monoisotopic (exact) mass is 1240 g/mol. The van der Waals surface area contributed by atoms with Gasteiger partial charge in [0, 0.05) is 46.0 Å². The molecule has 1 aromatic heterocycles. The van der Waals surface area contributed by atoms with Gasteiger partial charge in [0.1, 0.15) is 23.6 Å². The van der Waals surface area contributed by atoms with E-state index in [0.717, 1.165) is 141 Å². The summed E-state index contributed by atoms with van der Waals surface area (Å²) in [5.41, 5.74) is -0.0127. The van der Waals surface area contributed by atoms with E-state index in [0.29, 0.717) is 58.8 Å². The van der Waals surface area contributed by atoms with Crippen molar-refractivity contribution in [1.82, 2.24) is 5.16 Å². The van der Waals surface area contributed by atoms with E-state index in [1.807, 2.05) is 27.0 Å². The number of fused-ring (bicyclic) bond motifs is 15. The van der Waals surface area contributed by atoms with Crippen molar-refractivity contribution in [3.8, 4) is 0 Å². The lowest BCUT2D eigenvalue weighted by molar-refractivity contribution is -0.144. The lowest BCUT2D eigenvalue weighted by Gasteiger charge is -2.61. The van der Waals surface area contributed by atoms with E-state index in [2.05, 4.69) is 56.5 Å². The number of aldehydes is 1. The van der Waals surface area contributed by atoms with E-state index in [9.17, 15) is 34.5 Å². The van der Waals surface area contributed by atoms with Crippen LogP contribution in [0.15, 0.2) is 16.8 Å². The number of rotatable bonds is 7. The first-order valence-electron chi connectivity index (χ1n) is 40.3. The zero-order valence-electron chi connectivity index (χ0n) is 66.3. The van der Waals surface area contributed by atoms with Gasteiger partial charge in [0.15, 0.2) is 0 Å². The third-order valence-corrected chi connectivity index (χ3v) is 27.6. The van der Waals surface area contributed by atoms with Crippen molar-refractivity contribution in [2.24, 2.45) is 122 Å². The first kappa shape index (κ1) is 63.0. The number of carbonyl (C=O) groups is 4. The Morgan fingerprint density at radius 1 is 0.576 bits per heavy atom. The molecule has 12 aliphatic carbocycles. The van der Waals surface area contributed by atoms with Gasteiger partial charge in [-0.3, -0.25) is 14.4 Å². The molecule has 0 unspecified atom stereocenters. The van der Waals surface area contributed by atoms with Gasteiger partial charge in [0.2, 0.25) is 0 Å². The van der Waals surface area contributed by atoms with Crippen LogP contribution in [0.3, 0.4) is 0 Å². The predicted molar refractivity (Wildman–Crippen MR) is 358 cm³/mol. The Balaban J connectivity index is -0.000000595. The fraction of sp³-hybridized carbons (Fsp3) is 0.903. The summed E-state index contributed by atoms with van der Waals surface area (Å²) < 4.78 is 79.8. The molecular weight excluding hydrogens is 1090 g/mol. The van der Waals surface area contributed by atoms with Gasteiger partial charge in [0.25, 0.3) is 6.47 Å². The number of hydrogen-bond donors (Lipinski definition) is 5. The van der Waals surface area contributed by atoms with Crippen molar-refractivity contribution in [2.45, 2.75) is 287 Å². The second-order valence-corrected chi connectivity index (χ2v) is 31.6. The molecule has 506 valence electrons. The lowest BCUT2D eigenvalue weighted by Crippen LogP contribution is -2.55. The van der Waals surface area contributed by atoms with Crippen LogP contribution in [0.2, 0.25) is 0 Å². The minimum absolute atomic E-state index is 0. The molecule has 0 spiro atoms. The average Bonchev–Trinajstić information content (AvgIpc) is 1.43. The van der Waals surface area contributed by atoms with Crippen LogP contribution in [0.1, 0.15) is 298 Å².